The van der Waals surface area contributed by atoms with E-state index in [1.807, 2.05) is 0 Å². The Morgan fingerprint density at radius 2 is 1.29 bits per heavy atom. The Labute approximate surface area is 356 Å². The van der Waals surface area contributed by atoms with E-state index >= 15 is 0 Å². The van der Waals surface area contributed by atoms with Gasteiger partial charge in [-0.15, -0.1) is 5.75 Å². The molecule has 1 spiro atoms. The molecular weight excluding hydrogens is 792 g/mol. The van der Waals surface area contributed by atoms with Crippen molar-refractivity contribution in [3.05, 3.63) is 159 Å². The van der Waals surface area contributed by atoms with Gasteiger partial charge in [0.05, 0.1) is 11.3 Å². The van der Waals surface area contributed by atoms with Crippen molar-refractivity contribution >= 4 is 38.9 Å². The Kier molecular flexibility index (Phi) is 9.61. The maximum atomic E-state index is 14.0. The van der Waals surface area contributed by atoms with E-state index in [0.29, 0.717) is 21.9 Å². The number of carbonyl (C=O) groups is 1. The van der Waals surface area contributed by atoms with E-state index in [0.717, 1.165) is 0 Å². The number of para-hydroxylation sites is 1. The average molecular weight is 821 g/mol. The van der Waals surface area contributed by atoms with Gasteiger partial charge in [0.2, 0.25) is 11.5 Å². The van der Waals surface area contributed by atoms with Crippen LogP contribution in [0.1, 0.15) is 16.7 Å². The molecule has 16 heteroatoms. The molecule has 3 aliphatic heterocycles. The van der Waals surface area contributed by atoms with Gasteiger partial charge < -0.3 is 44.5 Å². The van der Waals surface area contributed by atoms with Crippen molar-refractivity contribution < 1.29 is 86.9 Å². The van der Waals surface area contributed by atoms with Crippen molar-refractivity contribution in [2.45, 2.75) is 12.1 Å². The van der Waals surface area contributed by atoms with Crippen LogP contribution in [-0.2, 0) is 26.4 Å². The van der Waals surface area contributed by atoms with E-state index in [2.05, 4.69) is 4.99 Å². The number of phenols is 4. The number of anilines is 1. The minimum Gasteiger partial charge on any atom is -0.872 e. The zero-order chi connectivity index (χ0) is 40.7. The molecule has 3 heterocycles. The summed E-state index contributed by atoms with van der Waals surface area (Å²) in [6.07, 6.45) is 0.214. The summed E-state index contributed by atoms with van der Waals surface area (Å²) < 4.78 is 45.1. The van der Waals surface area contributed by atoms with Crippen LogP contribution in [0.5, 0.6) is 34.5 Å². The van der Waals surface area contributed by atoms with E-state index < -0.39 is 33.6 Å². The predicted octanol–water partition coefficient (Wildman–Crippen LogP) is 1.47. The summed E-state index contributed by atoms with van der Waals surface area (Å²) in [7, 11) is -5.05. The molecule has 6 N–H and O–H groups in total. The number of ether oxygens (including phenoxy) is 1. The Morgan fingerprint density at radius 1 is 0.729 bits per heavy atom. The molecule has 14 nitrogen and oxygen atoms in total. The molecule has 9 rings (SSSR count). The number of aliphatic hydroxyl groups excluding tert-OH is 1. The molecule has 1 unspecified atom stereocenters. The van der Waals surface area contributed by atoms with Crippen molar-refractivity contribution in [1.82, 2.24) is 0 Å². The molecule has 0 bridgehead atoms. The Hall–Kier alpha value is -6.49. The van der Waals surface area contributed by atoms with Gasteiger partial charge in [-0.05, 0) is 71.1 Å². The van der Waals surface area contributed by atoms with Crippen LogP contribution in [0.4, 0.5) is 11.4 Å². The number of benzene rings is 6. The smallest absolute Gasteiger partial charge is 0.872 e. The molecule has 0 saturated carbocycles. The fourth-order valence-electron chi connectivity index (χ4n) is 8.05. The summed E-state index contributed by atoms with van der Waals surface area (Å²) in [6.45, 7) is -0.00581. The number of carbonyl (C=O) groups excluding carboxylic acids is 1. The Bertz CT molecular complexity index is 3110. The van der Waals surface area contributed by atoms with Crippen molar-refractivity contribution in [3.63, 3.8) is 0 Å². The summed E-state index contributed by atoms with van der Waals surface area (Å²) in [4.78, 5) is 20.4. The van der Waals surface area contributed by atoms with Gasteiger partial charge in [0.1, 0.15) is 28.3 Å². The fraction of sp³-hybridized carbons (Fsp3) is 0.0698. The Morgan fingerprint density at radius 3 is 1.86 bits per heavy atom. The normalized spacial score (nSPS) is 16.3. The molecule has 0 amide bonds. The zero-order valence-electron chi connectivity index (χ0n) is 30.8. The minimum absolute atomic E-state index is 0. The number of rotatable bonds is 8. The van der Waals surface area contributed by atoms with E-state index in [1.165, 1.54) is 72.8 Å². The van der Waals surface area contributed by atoms with Crippen molar-refractivity contribution in [2.24, 2.45) is 4.99 Å². The van der Waals surface area contributed by atoms with Crippen LogP contribution in [0.2, 0.25) is 0 Å². The van der Waals surface area contributed by atoms with E-state index in [-0.39, 0.29) is 121 Å². The van der Waals surface area contributed by atoms with Gasteiger partial charge >= 0.3 is 45.9 Å². The van der Waals surface area contributed by atoms with Gasteiger partial charge in [-0.1, -0.05) is 72.8 Å². The molecule has 3 aliphatic rings. The minimum atomic E-state index is -5.05. The van der Waals surface area contributed by atoms with Gasteiger partial charge in [0.15, 0.2) is 11.5 Å². The number of hydrogen-bond acceptors (Lipinski definition) is 13. The molecule has 290 valence electrons. The second-order valence-electron chi connectivity index (χ2n) is 13.8. The number of phenolic OH excluding ortho intramolecular Hbond substituents is 4. The van der Waals surface area contributed by atoms with Gasteiger partial charge in [0, 0.05) is 33.3 Å². The first-order chi connectivity index (χ1) is 27.7. The topological polar surface area (TPSA) is 230 Å². The first-order valence-corrected chi connectivity index (χ1v) is 19.0. The number of fused-ring (bicyclic) bond motifs is 4. The average Bonchev–Trinajstić information content (AvgIpc) is 3.79. The molecule has 0 aromatic heterocycles. The van der Waals surface area contributed by atoms with Gasteiger partial charge in [-0.2, -0.15) is 8.42 Å². The summed E-state index contributed by atoms with van der Waals surface area (Å²) in [5.74, 6) is -3.10. The van der Waals surface area contributed by atoms with Crippen molar-refractivity contribution in [1.29, 1.82) is 0 Å². The zero-order valence-corrected chi connectivity index (χ0v) is 33.6. The maximum absolute atomic E-state index is 14.0. The van der Waals surface area contributed by atoms with Gasteiger partial charge in [0.25, 0.3) is 0 Å². The molecule has 0 radical (unpaired) electrons. The second kappa shape index (κ2) is 14.4. The molecule has 6 aromatic carbocycles. The third-order valence-electron chi connectivity index (χ3n) is 10.4. The predicted molar refractivity (Wildman–Crippen MR) is 206 cm³/mol. The number of aliphatic hydroxyl groups is 1. The Balaban J connectivity index is 0.00000484. The summed E-state index contributed by atoms with van der Waals surface area (Å²) >= 11 is 0. The maximum Gasteiger partial charge on any atom is 1.00 e. The standard InChI is InChI=1S/C43H30N2O12S.Na/c46-26-12-4-22(5-13-26)20-21-45-39-32(23-6-14-27(47)15-7-23)40(50)38-33(30-2-1-3-31(37(30)44-38)57-58(53,54)55)34(39)35(24-8-16-28(48)17-9-24)43(45)36(41(51)42(52)56-43)25-10-18-29(49)19-11-25;/h1-19,46-51H,20-21H2,(H,53,54,55);/q;+1/p-1. The van der Waals surface area contributed by atoms with Crippen LogP contribution < -0.4 is 54.3 Å². The fourth-order valence-corrected chi connectivity index (χ4v) is 8.41. The quantitative estimate of drug-likeness (QED) is 0.0726. The van der Waals surface area contributed by atoms with Crippen LogP contribution in [0.25, 0.3) is 22.3 Å². The number of hydrogen-bond donors (Lipinski definition) is 6. The van der Waals surface area contributed by atoms with Crippen LogP contribution in [0, 0.1) is 10.4 Å². The third-order valence-corrected chi connectivity index (χ3v) is 10.8. The second-order valence-corrected chi connectivity index (χ2v) is 14.8. The molecule has 0 aliphatic carbocycles. The molecule has 1 atom stereocenters. The summed E-state index contributed by atoms with van der Waals surface area (Å²) in [5, 5.41) is 68.3. The number of esters is 1. The SMILES string of the molecule is O=C1OC2(C(c3ccc(O)cc3)=C1O)C(c1ccc(O)cc1)=c1c(c(-c3ccc(O)cc3)c(O)c3c1=c1cccc(OS(=O)(=O)O)c1=N3)N2CCc1ccc([O-])cc1.[Na+]. The van der Waals surface area contributed by atoms with E-state index in [1.54, 1.807) is 47.4 Å². The van der Waals surface area contributed by atoms with Crippen molar-refractivity contribution in [3.8, 4) is 45.6 Å². The van der Waals surface area contributed by atoms with E-state index in [4.69, 9.17) is 8.92 Å². The largest absolute Gasteiger partial charge is 1.00 e. The van der Waals surface area contributed by atoms with Gasteiger partial charge in [-0.3, -0.25) is 4.55 Å². The first-order valence-electron chi connectivity index (χ1n) is 17.7. The number of aromatic hydroxyl groups is 4. The van der Waals surface area contributed by atoms with Crippen LogP contribution >= 0.6 is 0 Å². The van der Waals surface area contributed by atoms with Gasteiger partial charge in [-0.25, -0.2) is 9.79 Å². The monoisotopic (exact) mass is 820 g/mol. The molecule has 0 saturated heterocycles. The summed E-state index contributed by atoms with van der Waals surface area (Å²) in [5.41, 5.74) is 0.190. The van der Waals surface area contributed by atoms with Crippen LogP contribution in [-0.4, -0.2) is 56.7 Å². The third kappa shape index (κ3) is 6.40. The van der Waals surface area contributed by atoms with Crippen LogP contribution in [0.15, 0.2) is 126 Å². The number of nitrogens with zero attached hydrogens (tertiary/aromatic N) is 2. The summed E-state index contributed by atoms with van der Waals surface area (Å²) in [6, 6.07) is 28.1. The molecule has 0 fully saturated rings. The van der Waals surface area contributed by atoms with Crippen LogP contribution in [0.3, 0.4) is 0 Å². The molecular formula is C43H29N2NaO12S. The van der Waals surface area contributed by atoms with E-state index in [9.17, 15) is 48.4 Å². The van der Waals surface area contributed by atoms with Crippen molar-refractivity contribution in [2.75, 3.05) is 11.4 Å². The first kappa shape index (κ1) is 39.3. The molecule has 6 aromatic rings. The molecule has 59 heavy (non-hydrogen) atoms.